The summed E-state index contributed by atoms with van der Waals surface area (Å²) in [4.78, 5) is 24.0. The van der Waals surface area contributed by atoms with Crippen LogP contribution in [0.2, 0.25) is 0 Å². The summed E-state index contributed by atoms with van der Waals surface area (Å²) in [5.41, 5.74) is 0.341. The number of rotatable bonds is 4. The maximum Gasteiger partial charge on any atom is 0.331 e. The molecule has 0 aliphatic rings. The molecule has 0 unspecified atom stereocenters. The molecule has 6 heteroatoms. The molecule has 1 aromatic heterocycles. The lowest BCUT2D eigenvalue weighted by Crippen LogP contribution is -2.38. The Balaban J connectivity index is 2.46. The number of nitrogens with zero attached hydrogens (tertiary/aromatic N) is 3. The van der Waals surface area contributed by atoms with E-state index in [4.69, 9.17) is 10.00 Å². The van der Waals surface area contributed by atoms with Gasteiger partial charge in [0.2, 0.25) is 0 Å². The summed E-state index contributed by atoms with van der Waals surface area (Å²) in [5, 5.41) is 9.07. The minimum atomic E-state index is -0.362. The van der Waals surface area contributed by atoms with E-state index in [1.54, 1.807) is 18.2 Å². The lowest BCUT2D eigenvalue weighted by Gasteiger charge is -2.09. The van der Waals surface area contributed by atoms with Crippen molar-refractivity contribution < 1.29 is 4.74 Å². The summed E-state index contributed by atoms with van der Waals surface area (Å²) in [6, 6.07) is 8.39. The molecule has 1 heterocycles. The maximum absolute atomic E-state index is 12.1. The second kappa shape index (κ2) is 6.09. The first-order chi connectivity index (χ1) is 10.1. The fourth-order valence-electron chi connectivity index (χ4n) is 2.07. The van der Waals surface area contributed by atoms with Crippen LogP contribution in [0.4, 0.5) is 0 Å². The Kier molecular flexibility index (Phi) is 4.24. The molecule has 2 rings (SSSR count). The highest BCUT2D eigenvalue weighted by atomic mass is 16.5. The molecule has 0 aliphatic carbocycles. The van der Waals surface area contributed by atoms with Gasteiger partial charge in [0.25, 0.3) is 5.56 Å². The Morgan fingerprint density at radius 2 is 2.05 bits per heavy atom. The fourth-order valence-corrected chi connectivity index (χ4v) is 2.07. The number of hydrogen-bond donors (Lipinski definition) is 0. The van der Waals surface area contributed by atoms with Gasteiger partial charge in [-0.05, 0) is 24.6 Å². The highest BCUT2D eigenvalue weighted by Gasteiger charge is 2.08. The standard InChI is InChI=1S/C15H15N3O3/c1-3-17-7-6-14(19)18(15(17)20)10-11-4-5-13(21-2)12(8-11)9-16/h4-8H,3,10H2,1-2H3. The monoisotopic (exact) mass is 285 g/mol. The first-order valence-corrected chi connectivity index (χ1v) is 6.48. The molecule has 0 saturated carbocycles. The lowest BCUT2D eigenvalue weighted by atomic mass is 10.1. The van der Waals surface area contributed by atoms with E-state index in [1.807, 2.05) is 13.0 Å². The first-order valence-electron chi connectivity index (χ1n) is 6.48. The van der Waals surface area contributed by atoms with Crippen LogP contribution in [0.5, 0.6) is 5.75 Å². The van der Waals surface area contributed by atoms with Gasteiger partial charge < -0.3 is 9.30 Å². The third-order valence-electron chi connectivity index (χ3n) is 3.21. The molecule has 0 aliphatic heterocycles. The minimum absolute atomic E-state index is 0.122. The molecule has 0 N–H and O–H groups in total. The summed E-state index contributed by atoms with van der Waals surface area (Å²) in [7, 11) is 1.48. The van der Waals surface area contributed by atoms with Crippen LogP contribution < -0.4 is 16.0 Å². The van der Waals surface area contributed by atoms with Gasteiger partial charge in [0, 0.05) is 18.8 Å². The van der Waals surface area contributed by atoms with Crippen LogP contribution in [-0.2, 0) is 13.1 Å². The molecular formula is C15H15N3O3. The number of aromatic nitrogens is 2. The average Bonchev–Trinajstić information content (AvgIpc) is 2.51. The number of hydrogen-bond acceptors (Lipinski definition) is 4. The average molecular weight is 285 g/mol. The van der Waals surface area contributed by atoms with Crippen LogP contribution in [0.15, 0.2) is 40.1 Å². The SMILES string of the molecule is CCn1ccc(=O)n(Cc2ccc(OC)c(C#N)c2)c1=O. The van der Waals surface area contributed by atoms with E-state index in [-0.39, 0.29) is 17.8 Å². The van der Waals surface area contributed by atoms with Crippen LogP contribution in [0.25, 0.3) is 0 Å². The van der Waals surface area contributed by atoms with E-state index in [0.29, 0.717) is 23.4 Å². The number of benzene rings is 1. The highest BCUT2D eigenvalue weighted by Crippen LogP contribution is 2.18. The Morgan fingerprint density at radius 3 is 2.67 bits per heavy atom. The number of nitriles is 1. The van der Waals surface area contributed by atoms with Crippen molar-refractivity contribution in [1.29, 1.82) is 5.26 Å². The second-order valence-electron chi connectivity index (χ2n) is 4.46. The molecule has 6 nitrogen and oxygen atoms in total. The zero-order valence-electron chi connectivity index (χ0n) is 11.9. The molecule has 0 fully saturated rings. The van der Waals surface area contributed by atoms with Crippen LogP contribution in [0.3, 0.4) is 0 Å². The number of methoxy groups -OCH3 is 1. The normalized spacial score (nSPS) is 10.1. The summed E-state index contributed by atoms with van der Waals surface area (Å²) in [6.45, 7) is 2.44. The van der Waals surface area contributed by atoms with E-state index in [0.717, 1.165) is 4.57 Å². The predicted molar refractivity (Wildman–Crippen MR) is 77.4 cm³/mol. The van der Waals surface area contributed by atoms with Crippen molar-refractivity contribution in [3.05, 3.63) is 62.4 Å². The zero-order chi connectivity index (χ0) is 15.4. The van der Waals surface area contributed by atoms with E-state index in [1.165, 1.54) is 23.9 Å². The van der Waals surface area contributed by atoms with Gasteiger partial charge in [-0.2, -0.15) is 5.26 Å². The third-order valence-corrected chi connectivity index (χ3v) is 3.21. The van der Waals surface area contributed by atoms with Gasteiger partial charge in [0.1, 0.15) is 11.8 Å². The van der Waals surface area contributed by atoms with Crippen molar-refractivity contribution in [3.8, 4) is 11.8 Å². The van der Waals surface area contributed by atoms with Gasteiger partial charge in [-0.3, -0.25) is 9.36 Å². The maximum atomic E-state index is 12.1. The van der Waals surface area contributed by atoms with Crippen LogP contribution in [0, 0.1) is 11.3 Å². The lowest BCUT2D eigenvalue weighted by molar-refractivity contribution is 0.413. The number of aryl methyl sites for hydroxylation is 1. The van der Waals surface area contributed by atoms with Gasteiger partial charge in [-0.1, -0.05) is 6.07 Å². The van der Waals surface area contributed by atoms with Crippen LogP contribution in [0.1, 0.15) is 18.1 Å². The fraction of sp³-hybridized carbons (Fsp3) is 0.267. The Hall–Kier alpha value is -2.81. The van der Waals surface area contributed by atoms with E-state index in [9.17, 15) is 9.59 Å². The smallest absolute Gasteiger partial charge is 0.331 e. The summed E-state index contributed by atoms with van der Waals surface area (Å²) in [6.07, 6.45) is 1.48. The molecule has 0 radical (unpaired) electrons. The molecule has 21 heavy (non-hydrogen) atoms. The Labute approximate surface area is 121 Å². The molecule has 0 amide bonds. The van der Waals surface area contributed by atoms with Crippen molar-refractivity contribution >= 4 is 0 Å². The van der Waals surface area contributed by atoms with Crippen molar-refractivity contribution in [2.24, 2.45) is 0 Å². The van der Waals surface area contributed by atoms with Gasteiger partial charge >= 0.3 is 5.69 Å². The zero-order valence-corrected chi connectivity index (χ0v) is 11.9. The van der Waals surface area contributed by atoms with Gasteiger partial charge in [-0.25, -0.2) is 4.79 Å². The quantitative estimate of drug-likeness (QED) is 0.838. The van der Waals surface area contributed by atoms with Gasteiger partial charge in [0.15, 0.2) is 0 Å². The summed E-state index contributed by atoms with van der Waals surface area (Å²) >= 11 is 0. The van der Waals surface area contributed by atoms with Crippen molar-refractivity contribution in [1.82, 2.24) is 9.13 Å². The summed E-state index contributed by atoms with van der Waals surface area (Å²) in [5.74, 6) is 0.465. The third kappa shape index (κ3) is 2.87. The highest BCUT2D eigenvalue weighted by molar-refractivity contribution is 5.45. The Morgan fingerprint density at radius 1 is 1.29 bits per heavy atom. The van der Waals surface area contributed by atoms with Crippen LogP contribution in [-0.4, -0.2) is 16.2 Å². The molecule has 0 atom stereocenters. The molecule has 0 bridgehead atoms. The molecular weight excluding hydrogens is 270 g/mol. The topological polar surface area (TPSA) is 77.0 Å². The van der Waals surface area contributed by atoms with Crippen LogP contribution >= 0.6 is 0 Å². The largest absolute Gasteiger partial charge is 0.495 e. The number of ether oxygens (including phenoxy) is 1. The minimum Gasteiger partial charge on any atom is -0.495 e. The van der Waals surface area contributed by atoms with Gasteiger partial charge in [0.05, 0.1) is 19.2 Å². The van der Waals surface area contributed by atoms with Crippen molar-refractivity contribution in [3.63, 3.8) is 0 Å². The molecule has 0 saturated heterocycles. The predicted octanol–water partition coefficient (Wildman–Crippen LogP) is 0.958. The Bertz CT molecular complexity index is 812. The van der Waals surface area contributed by atoms with E-state index >= 15 is 0 Å². The first kappa shape index (κ1) is 14.6. The molecule has 108 valence electrons. The van der Waals surface area contributed by atoms with E-state index < -0.39 is 0 Å². The molecule has 1 aromatic carbocycles. The van der Waals surface area contributed by atoms with E-state index in [2.05, 4.69) is 0 Å². The van der Waals surface area contributed by atoms with Crippen molar-refractivity contribution in [2.75, 3.05) is 7.11 Å². The van der Waals surface area contributed by atoms with Gasteiger partial charge in [-0.15, -0.1) is 0 Å². The second-order valence-corrected chi connectivity index (χ2v) is 4.46. The molecule has 0 spiro atoms. The summed E-state index contributed by atoms with van der Waals surface area (Å²) < 4.78 is 7.67. The molecule has 2 aromatic rings. The van der Waals surface area contributed by atoms with Crippen molar-refractivity contribution in [2.45, 2.75) is 20.0 Å².